The fourth-order valence-corrected chi connectivity index (χ4v) is 3.18. The van der Waals surface area contributed by atoms with E-state index >= 15 is 0 Å². The van der Waals surface area contributed by atoms with Crippen LogP contribution in [0.15, 0.2) is 47.0 Å². The molecular formula is C22H23N3O3. The SMILES string of the molecule is Cc1ccc2c(c1)OCC(=O)N2Cc1nc(-c2ccc(C(C)(C)C)cc2)no1. The molecule has 0 aliphatic carbocycles. The minimum atomic E-state index is -0.134. The van der Waals surface area contributed by atoms with Crippen molar-refractivity contribution in [3.05, 3.63) is 59.5 Å². The Balaban J connectivity index is 1.57. The van der Waals surface area contributed by atoms with Gasteiger partial charge in [0, 0.05) is 5.56 Å². The number of ether oxygens (including phenoxy) is 1. The van der Waals surface area contributed by atoms with Crippen molar-refractivity contribution in [1.82, 2.24) is 10.1 Å². The van der Waals surface area contributed by atoms with E-state index in [2.05, 4.69) is 43.0 Å². The molecule has 0 fully saturated rings. The molecule has 28 heavy (non-hydrogen) atoms. The van der Waals surface area contributed by atoms with Crippen LogP contribution in [0.1, 0.15) is 37.8 Å². The first kappa shape index (κ1) is 18.2. The van der Waals surface area contributed by atoms with Crippen molar-refractivity contribution in [2.75, 3.05) is 11.5 Å². The molecular weight excluding hydrogens is 354 g/mol. The molecule has 0 radical (unpaired) electrons. The van der Waals surface area contributed by atoms with Crippen molar-refractivity contribution in [3.8, 4) is 17.1 Å². The van der Waals surface area contributed by atoms with Gasteiger partial charge < -0.3 is 9.26 Å². The van der Waals surface area contributed by atoms with Crippen molar-refractivity contribution < 1.29 is 14.1 Å². The van der Waals surface area contributed by atoms with Gasteiger partial charge in [-0.05, 0) is 35.6 Å². The average molecular weight is 377 g/mol. The third kappa shape index (κ3) is 3.50. The highest BCUT2D eigenvalue weighted by atomic mass is 16.5. The van der Waals surface area contributed by atoms with Crippen molar-refractivity contribution in [3.63, 3.8) is 0 Å². The lowest BCUT2D eigenvalue weighted by Gasteiger charge is -2.28. The zero-order valence-corrected chi connectivity index (χ0v) is 16.5. The van der Waals surface area contributed by atoms with E-state index in [1.165, 1.54) is 5.56 Å². The quantitative estimate of drug-likeness (QED) is 0.682. The Hall–Kier alpha value is -3.15. The van der Waals surface area contributed by atoms with E-state index in [1.807, 2.05) is 37.3 Å². The van der Waals surface area contributed by atoms with E-state index in [0.717, 1.165) is 16.8 Å². The summed E-state index contributed by atoms with van der Waals surface area (Å²) >= 11 is 0. The van der Waals surface area contributed by atoms with Crippen LogP contribution in [0.4, 0.5) is 5.69 Å². The summed E-state index contributed by atoms with van der Waals surface area (Å²) in [6.07, 6.45) is 0. The van der Waals surface area contributed by atoms with Gasteiger partial charge in [0.05, 0.1) is 5.69 Å². The lowest BCUT2D eigenvalue weighted by Crippen LogP contribution is -2.38. The van der Waals surface area contributed by atoms with E-state index in [1.54, 1.807) is 4.90 Å². The molecule has 144 valence electrons. The van der Waals surface area contributed by atoms with Gasteiger partial charge in [0.1, 0.15) is 12.3 Å². The van der Waals surface area contributed by atoms with Crippen LogP contribution >= 0.6 is 0 Å². The minimum Gasteiger partial charge on any atom is -0.482 e. The number of fused-ring (bicyclic) bond motifs is 1. The Morgan fingerprint density at radius 3 is 2.57 bits per heavy atom. The van der Waals surface area contributed by atoms with Gasteiger partial charge in [-0.15, -0.1) is 0 Å². The number of carbonyl (C=O) groups is 1. The number of nitrogens with zero attached hydrogens (tertiary/aromatic N) is 3. The number of anilines is 1. The first-order valence-corrected chi connectivity index (χ1v) is 9.28. The molecule has 6 nitrogen and oxygen atoms in total. The highest BCUT2D eigenvalue weighted by molar-refractivity contribution is 5.97. The third-order valence-corrected chi connectivity index (χ3v) is 4.83. The van der Waals surface area contributed by atoms with E-state index in [4.69, 9.17) is 9.26 Å². The van der Waals surface area contributed by atoms with Crippen molar-refractivity contribution in [1.29, 1.82) is 0 Å². The van der Waals surface area contributed by atoms with Crippen molar-refractivity contribution in [2.45, 2.75) is 39.7 Å². The summed E-state index contributed by atoms with van der Waals surface area (Å²) in [6.45, 7) is 8.73. The van der Waals surface area contributed by atoms with Gasteiger partial charge in [0.2, 0.25) is 11.7 Å². The van der Waals surface area contributed by atoms with Crippen LogP contribution < -0.4 is 9.64 Å². The second-order valence-electron chi connectivity index (χ2n) is 8.08. The standard InChI is InChI=1S/C22H23N3O3/c1-14-5-10-17-18(11-14)27-13-20(26)25(17)12-19-23-21(24-28-19)15-6-8-16(9-7-15)22(2,3)4/h5-11H,12-13H2,1-4H3. The normalized spacial score (nSPS) is 14.0. The molecule has 0 unspecified atom stereocenters. The van der Waals surface area contributed by atoms with Crippen molar-refractivity contribution in [2.24, 2.45) is 0 Å². The second kappa shape index (κ2) is 6.78. The number of rotatable bonds is 3. The Morgan fingerprint density at radius 1 is 1.11 bits per heavy atom. The van der Waals surface area contributed by atoms with Gasteiger partial charge in [-0.1, -0.05) is 56.3 Å². The molecule has 1 amide bonds. The first-order valence-electron chi connectivity index (χ1n) is 9.28. The van der Waals surface area contributed by atoms with Crippen molar-refractivity contribution >= 4 is 11.6 Å². The number of benzene rings is 2. The van der Waals surface area contributed by atoms with E-state index in [-0.39, 0.29) is 24.5 Å². The zero-order valence-electron chi connectivity index (χ0n) is 16.5. The van der Waals surface area contributed by atoms with Gasteiger partial charge in [-0.2, -0.15) is 4.98 Å². The highest BCUT2D eigenvalue weighted by Gasteiger charge is 2.27. The number of aromatic nitrogens is 2. The molecule has 3 aromatic rings. The number of hydrogen-bond donors (Lipinski definition) is 0. The first-order chi connectivity index (χ1) is 13.3. The molecule has 1 aliphatic heterocycles. The zero-order chi connectivity index (χ0) is 19.9. The summed E-state index contributed by atoms with van der Waals surface area (Å²) in [6, 6.07) is 13.9. The number of carbonyl (C=O) groups excluding carboxylic acids is 1. The second-order valence-corrected chi connectivity index (χ2v) is 8.08. The predicted octanol–water partition coefficient (Wildman–Crippen LogP) is 4.27. The monoisotopic (exact) mass is 377 g/mol. The van der Waals surface area contributed by atoms with Gasteiger partial charge in [0.15, 0.2) is 6.61 Å². The lowest BCUT2D eigenvalue weighted by atomic mass is 9.87. The number of amides is 1. The molecule has 1 aliphatic rings. The molecule has 0 N–H and O–H groups in total. The molecule has 0 spiro atoms. The fraction of sp³-hybridized carbons (Fsp3) is 0.318. The van der Waals surface area contributed by atoms with Gasteiger partial charge in [-0.3, -0.25) is 9.69 Å². The summed E-state index contributed by atoms with van der Waals surface area (Å²) < 4.78 is 11.0. The number of hydrogen-bond acceptors (Lipinski definition) is 5. The molecule has 1 aromatic heterocycles. The maximum atomic E-state index is 12.4. The maximum Gasteiger partial charge on any atom is 0.265 e. The molecule has 0 bridgehead atoms. The lowest BCUT2D eigenvalue weighted by molar-refractivity contribution is -0.121. The van der Waals surface area contributed by atoms with Crippen LogP contribution in [0.25, 0.3) is 11.4 Å². The highest BCUT2D eigenvalue weighted by Crippen LogP contribution is 2.34. The molecule has 4 rings (SSSR count). The number of aryl methyl sites for hydroxylation is 1. The van der Waals surface area contributed by atoms with Crippen LogP contribution in [0, 0.1) is 6.92 Å². The van der Waals surface area contributed by atoms with Crippen LogP contribution in [-0.2, 0) is 16.8 Å². The summed E-state index contributed by atoms with van der Waals surface area (Å²) in [5.41, 5.74) is 4.00. The average Bonchev–Trinajstić information content (AvgIpc) is 3.12. The van der Waals surface area contributed by atoms with E-state index in [9.17, 15) is 4.79 Å². The summed E-state index contributed by atoms with van der Waals surface area (Å²) in [5, 5.41) is 4.08. The van der Waals surface area contributed by atoms with E-state index < -0.39 is 0 Å². The Morgan fingerprint density at radius 2 is 1.86 bits per heavy atom. The fourth-order valence-electron chi connectivity index (χ4n) is 3.18. The molecule has 0 saturated heterocycles. The van der Waals surface area contributed by atoms with Gasteiger partial charge in [-0.25, -0.2) is 0 Å². The maximum absolute atomic E-state index is 12.4. The van der Waals surface area contributed by atoms with Crippen LogP contribution in [-0.4, -0.2) is 22.7 Å². The summed E-state index contributed by atoms with van der Waals surface area (Å²) in [4.78, 5) is 18.5. The summed E-state index contributed by atoms with van der Waals surface area (Å²) in [7, 11) is 0. The van der Waals surface area contributed by atoms with Gasteiger partial charge >= 0.3 is 0 Å². The third-order valence-electron chi connectivity index (χ3n) is 4.83. The van der Waals surface area contributed by atoms with Crippen LogP contribution in [0.3, 0.4) is 0 Å². The molecule has 6 heteroatoms. The molecule has 2 heterocycles. The Labute approximate surface area is 164 Å². The van der Waals surface area contributed by atoms with E-state index in [0.29, 0.717) is 17.5 Å². The minimum absolute atomic E-state index is 0.00567. The Bertz CT molecular complexity index is 1020. The van der Waals surface area contributed by atoms with Gasteiger partial charge in [0.25, 0.3) is 5.91 Å². The topological polar surface area (TPSA) is 68.5 Å². The molecule has 0 atom stereocenters. The van der Waals surface area contributed by atoms with Crippen LogP contribution in [0.5, 0.6) is 5.75 Å². The Kier molecular flexibility index (Phi) is 4.41. The molecule has 2 aromatic carbocycles. The molecule has 0 saturated carbocycles. The summed E-state index contributed by atoms with van der Waals surface area (Å²) in [5.74, 6) is 1.46. The predicted molar refractivity (Wildman–Crippen MR) is 106 cm³/mol. The largest absolute Gasteiger partial charge is 0.482 e. The van der Waals surface area contributed by atoms with Crippen LogP contribution in [0.2, 0.25) is 0 Å². The smallest absolute Gasteiger partial charge is 0.265 e.